The number of nitrogens with zero attached hydrogens (tertiary/aromatic N) is 3. The summed E-state index contributed by atoms with van der Waals surface area (Å²) in [5, 5.41) is 11.0. The molecule has 184 valence electrons. The Morgan fingerprint density at radius 3 is 2.33 bits per heavy atom. The summed E-state index contributed by atoms with van der Waals surface area (Å²) in [5.41, 5.74) is 0.645. The summed E-state index contributed by atoms with van der Waals surface area (Å²) < 4.78 is 32.8. The number of carbonyl (C=O) groups excluding carboxylic acids is 2. The van der Waals surface area contributed by atoms with E-state index in [9.17, 15) is 19.1 Å². The van der Waals surface area contributed by atoms with Gasteiger partial charge in [0.05, 0.1) is 16.5 Å². The largest absolute Gasteiger partial charge is 0.459 e. The van der Waals surface area contributed by atoms with Crippen LogP contribution in [0.4, 0.5) is 4.39 Å². The summed E-state index contributed by atoms with van der Waals surface area (Å²) in [7, 11) is 0. The van der Waals surface area contributed by atoms with Gasteiger partial charge in [-0.1, -0.05) is 48.0 Å². The molecule has 2 aromatic carbocycles. The molecule has 36 heavy (non-hydrogen) atoms. The Morgan fingerprint density at radius 2 is 1.67 bits per heavy atom. The number of halogens is 2. The normalized spacial score (nSPS) is 21.4. The summed E-state index contributed by atoms with van der Waals surface area (Å²) in [6, 6.07) is 16.5. The molecule has 11 heteroatoms. The fourth-order valence-corrected chi connectivity index (χ4v) is 4.23. The number of aliphatic hydroxyl groups is 1. The molecular formula is C25H19ClFN3O6. The molecule has 1 aliphatic heterocycles. The number of aromatic nitrogens is 3. The second-order valence-corrected chi connectivity index (χ2v) is 8.36. The number of hydrogen-bond donors (Lipinski definition) is 1. The van der Waals surface area contributed by atoms with Crippen molar-refractivity contribution < 1.29 is 33.3 Å². The first-order valence-corrected chi connectivity index (χ1v) is 11.3. The van der Waals surface area contributed by atoms with Crippen molar-refractivity contribution in [2.75, 3.05) is 6.61 Å². The predicted molar refractivity (Wildman–Crippen MR) is 125 cm³/mol. The lowest BCUT2D eigenvalue weighted by atomic mass is 10.1. The van der Waals surface area contributed by atoms with Crippen LogP contribution in [0.5, 0.6) is 0 Å². The molecule has 1 saturated heterocycles. The van der Waals surface area contributed by atoms with Crippen LogP contribution in [0.25, 0.3) is 11.0 Å². The highest BCUT2D eigenvalue weighted by molar-refractivity contribution is 6.34. The van der Waals surface area contributed by atoms with Crippen LogP contribution in [0.2, 0.25) is 5.15 Å². The summed E-state index contributed by atoms with van der Waals surface area (Å²) in [6.07, 6.45) is -2.78. The summed E-state index contributed by atoms with van der Waals surface area (Å²) in [4.78, 5) is 33.1. The Labute approximate surface area is 209 Å². The Balaban J connectivity index is 1.43. The minimum Gasteiger partial charge on any atom is -0.459 e. The fourth-order valence-electron chi connectivity index (χ4n) is 4.01. The van der Waals surface area contributed by atoms with Crippen molar-refractivity contribution in [3.8, 4) is 0 Å². The number of ether oxygens (including phenoxy) is 3. The van der Waals surface area contributed by atoms with Gasteiger partial charge in [-0.3, -0.25) is 0 Å². The average molecular weight is 512 g/mol. The Hall–Kier alpha value is -3.86. The van der Waals surface area contributed by atoms with Crippen LogP contribution < -0.4 is 0 Å². The molecule has 0 aliphatic carbocycles. The molecule has 0 unspecified atom stereocenters. The SMILES string of the molecule is O=C(OC[C@H]1O[C@@H](n2cc(F)c3c(Cl)ncnc32)[C@H](O)[C@@H]1OC(=O)c1ccccc1)c1ccccc1. The second-order valence-electron chi connectivity index (χ2n) is 8.00. The van der Waals surface area contributed by atoms with Crippen molar-refractivity contribution in [3.63, 3.8) is 0 Å². The third kappa shape index (κ3) is 4.53. The summed E-state index contributed by atoms with van der Waals surface area (Å²) in [6.45, 7) is -0.342. The van der Waals surface area contributed by atoms with Crippen molar-refractivity contribution in [1.82, 2.24) is 14.5 Å². The maximum Gasteiger partial charge on any atom is 0.338 e. The standard InChI is InChI=1S/C25H19ClFN3O6/c26-21-18-16(27)11-30(22(18)29-13-28-21)23-19(31)20(36-25(33)15-9-5-2-6-10-15)17(35-23)12-34-24(32)14-7-3-1-4-8-14/h1-11,13,17,19-20,23,31H,12H2/t17-,19-,20-,23-/m1/s1. The highest BCUT2D eigenvalue weighted by Crippen LogP contribution is 2.36. The molecular weight excluding hydrogens is 493 g/mol. The molecule has 4 atom stereocenters. The van der Waals surface area contributed by atoms with Gasteiger partial charge in [0.1, 0.15) is 35.9 Å². The van der Waals surface area contributed by atoms with Crippen molar-refractivity contribution in [1.29, 1.82) is 0 Å². The minimum atomic E-state index is -1.46. The molecule has 0 amide bonds. The van der Waals surface area contributed by atoms with E-state index < -0.39 is 42.3 Å². The van der Waals surface area contributed by atoms with E-state index >= 15 is 0 Å². The molecule has 0 radical (unpaired) electrons. The van der Waals surface area contributed by atoms with Gasteiger partial charge in [-0.2, -0.15) is 0 Å². The maximum absolute atomic E-state index is 14.6. The number of fused-ring (bicyclic) bond motifs is 1. The Morgan fingerprint density at radius 1 is 1.03 bits per heavy atom. The lowest BCUT2D eigenvalue weighted by Crippen LogP contribution is -2.38. The van der Waals surface area contributed by atoms with Gasteiger partial charge >= 0.3 is 11.9 Å². The van der Waals surface area contributed by atoms with Gasteiger partial charge in [-0.15, -0.1) is 0 Å². The monoisotopic (exact) mass is 511 g/mol. The first-order valence-electron chi connectivity index (χ1n) is 10.9. The predicted octanol–water partition coefficient (Wildman–Crippen LogP) is 3.56. The molecule has 3 heterocycles. The molecule has 2 aromatic heterocycles. The lowest BCUT2D eigenvalue weighted by Gasteiger charge is -2.21. The highest BCUT2D eigenvalue weighted by atomic mass is 35.5. The highest BCUT2D eigenvalue weighted by Gasteiger charge is 2.48. The number of hydrogen-bond acceptors (Lipinski definition) is 8. The van der Waals surface area contributed by atoms with Crippen LogP contribution in [-0.2, 0) is 14.2 Å². The van der Waals surface area contributed by atoms with E-state index in [4.69, 9.17) is 25.8 Å². The van der Waals surface area contributed by atoms with Crippen LogP contribution in [0.15, 0.2) is 73.2 Å². The smallest absolute Gasteiger partial charge is 0.338 e. The van der Waals surface area contributed by atoms with Crippen LogP contribution in [-0.4, -0.2) is 56.5 Å². The van der Waals surface area contributed by atoms with Crippen LogP contribution in [0.3, 0.4) is 0 Å². The van der Waals surface area contributed by atoms with Crippen LogP contribution in [0, 0.1) is 5.82 Å². The van der Waals surface area contributed by atoms with Crippen molar-refractivity contribution >= 4 is 34.6 Å². The van der Waals surface area contributed by atoms with Gasteiger partial charge in [-0.05, 0) is 24.3 Å². The first kappa shape index (κ1) is 23.9. The molecule has 0 spiro atoms. The average Bonchev–Trinajstić information content (AvgIpc) is 3.40. The topological polar surface area (TPSA) is 113 Å². The number of rotatable bonds is 6. The van der Waals surface area contributed by atoms with Gasteiger partial charge in [0.2, 0.25) is 0 Å². The summed E-state index contributed by atoms with van der Waals surface area (Å²) >= 11 is 6.02. The Kier molecular flexibility index (Phi) is 6.64. The summed E-state index contributed by atoms with van der Waals surface area (Å²) in [5.74, 6) is -2.05. The molecule has 4 aromatic rings. The number of esters is 2. The molecule has 1 fully saturated rings. The zero-order chi connectivity index (χ0) is 25.2. The van der Waals surface area contributed by atoms with E-state index in [0.717, 1.165) is 12.5 Å². The third-order valence-corrected chi connectivity index (χ3v) is 6.03. The third-order valence-electron chi connectivity index (χ3n) is 5.74. The van der Waals surface area contributed by atoms with Crippen molar-refractivity contribution in [2.45, 2.75) is 24.5 Å². The number of benzene rings is 2. The second kappa shape index (κ2) is 10.0. The zero-order valence-corrected chi connectivity index (χ0v) is 19.3. The minimum absolute atomic E-state index is 0.0493. The number of carbonyl (C=O) groups is 2. The maximum atomic E-state index is 14.6. The van der Waals surface area contributed by atoms with Gasteiger partial charge in [-0.25, -0.2) is 23.9 Å². The van der Waals surface area contributed by atoms with E-state index in [0.29, 0.717) is 5.56 Å². The fraction of sp³-hybridized carbons (Fsp3) is 0.200. The van der Waals surface area contributed by atoms with Crippen molar-refractivity contribution in [3.05, 3.63) is 95.3 Å². The van der Waals surface area contributed by atoms with Gasteiger partial charge in [0.25, 0.3) is 0 Å². The van der Waals surface area contributed by atoms with E-state index in [-0.39, 0.29) is 28.4 Å². The van der Waals surface area contributed by atoms with E-state index in [1.165, 1.54) is 4.57 Å². The van der Waals surface area contributed by atoms with Gasteiger partial charge in [0, 0.05) is 6.20 Å². The van der Waals surface area contributed by atoms with Gasteiger partial charge < -0.3 is 23.9 Å². The molecule has 9 nitrogen and oxygen atoms in total. The lowest BCUT2D eigenvalue weighted by molar-refractivity contribution is -0.0585. The molecule has 1 aliphatic rings. The molecule has 1 N–H and O–H groups in total. The molecule has 0 bridgehead atoms. The van der Waals surface area contributed by atoms with Gasteiger partial charge in [0.15, 0.2) is 18.1 Å². The van der Waals surface area contributed by atoms with Crippen LogP contribution >= 0.6 is 11.6 Å². The molecule has 0 saturated carbocycles. The quantitative estimate of drug-likeness (QED) is 0.309. The zero-order valence-electron chi connectivity index (χ0n) is 18.5. The number of aliphatic hydroxyl groups excluding tert-OH is 1. The molecule has 5 rings (SSSR count). The van der Waals surface area contributed by atoms with Crippen LogP contribution in [0.1, 0.15) is 26.9 Å². The van der Waals surface area contributed by atoms with Crippen molar-refractivity contribution in [2.24, 2.45) is 0 Å². The van der Waals surface area contributed by atoms with E-state index in [1.54, 1.807) is 60.7 Å². The first-order chi connectivity index (χ1) is 17.4. The Bertz CT molecular complexity index is 1400. The van der Waals surface area contributed by atoms with E-state index in [2.05, 4.69) is 9.97 Å². The van der Waals surface area contributed by atoms with E-state index in [1.807, 2.05) is 0 Å².